The van der Waals surface area contributed by atoms with Gasteiger partial charge in [0.15, 0.2) is 0 Å². The van der Waals surface area contributed by atoms with Gasteiger partial charge in [-0.1, -0.05) is 120 Å². The lowest BCUT2D eigenvalue weighted by atomic mass is 9.98. The van der Waals surface area contributed by atoms with Gasteiger partial charge in [-0.2, -0.15) is 0 Å². The monoisotopic (exact) mass is 646 g/mol. The summed E-state index contributed by atoms with van der Waals surface area (Å²) in [5, 5.41) is 7.59. The Morgan fingerprint density at radius 3 is 1.31 bits per heavy atom. The Hall–Kier alpha value is -5.90. The minimum Gasteiger partial charge on any atom is -0.310 e. The van der Waals surface area contributed by atoms with E-state index in [1.807, 2.05) is 11.3 Å². The Labute approximate surface area is 290 Å². The molecule has 0 aliphatic carbocycles. The molecule has 9 rings (SSSR count). The van der Waals surface area contributed by atoms with Crippen molar-refractivity contribution in [3.05, 3.63) is 181 Å². The highest BCUT2D eigenvalue weighted by Gasteiger charge is 2.23. The molecule has 0 amide bonds. The van der Waals surface area contributed by atoms with Gasteiger partial charge in [-0.15, -0.1) is 11.3 Å². The van der Waals surface area contributed by atoms with Gasteiger partial charge in [-0.05, 0) is 79.9 Å². The van der Waals surface area contributed by atoms with E-state index in [2.05, 4.69) is 194 Å². The van der Waals surface area contributed by atoms with Crippen LogP contribution < -0.4 is 9.80 Å². The highest BCUT2D eigenvalue weighted by Crippen LogP contribution is 2.50. The van der Waals surface area contributed by atoms with Crippen LogP contribution in [0.4, 0.5) is 34.1 Å². The maximum Gasteiger partial charge on any atom is 0.0554 e. The molecule has 0 aliphatic rings. The fourth-order valence-corrected chi connectivity index (χ4v) is 8.46. The number of hydrogen-bond acceptors (Lipinski definition) is 3. The summed E-state index contributed by atoms with van der Waals surface area (Å²) in [6.07, 6.45) is 0. The first kappa shape index (κ1) is 29.3. The van der Waals surface area contributed by atoms with Gasteiger partial charge >= 0.3 is 0 Å². The van der Waals surface area contributed by atoms with E-state index in [0.717, 1.165) is 22.7 Å². The predicted octanol–water partition coefficient (Wildman–Crippen LogP) is 13.9. The van der Waals surface area contributed by atoms with Crippen molar-refractivity contribution in [3.63, 3.8) is 0 Å². The number of fused-ring (bicyclic) bond motifs is 7. The standard InChI is InChI=1S/C46H34N2S/c1-31-21-25-35(26-22-31)47(33-13-5-3-6-14-33)42-29-41-45-39-19-11-9-17-37(39)43(30-44(45)49-46(41)40-20-12-10-18-38(40)42)48(34-15-7-4-8-16-34)36-27-23-32(2)24-28-36/h3-30H,1-2H3. The van der Waals surface area contributed by atoms with E-state index in [4.69, 9.17) is 0 Å². The van der Waals surface area contributed by atoms with E-state index in [-0.39, 0.29) is 0 Å². The van der Waals surface area contributed by atoms with Crippen molar-refractivity contribution in [1.29, 1.82) is 0 Å². The largest absolute Gasteiger partial charge is 0.310 e. The first-order chi connectivity index (χ1) is 24.1. The van der Waals surface area contributed by atoms with Crippen LogP contribution in [0.15, 0.2) is 170 Å². The Balaban J connectivity index is 1.37. The average molecular weight is 647 g/mol. The molecule has 0 saturated carbocycles. The summed E-state index contributed by atoms with van der Waals surface area (Å²) < 4.78 is 2.59. The fraction of sp³-hybridized carbons (Fsp3) is 0.0435. The summed E-state index contributed by atoms with van der Waals surface area (Å²) in [5.41, 5.74) is 9.42. The SMILES string of the molecule is Cc1ccc(N(c2ccccc2)c2cc3c(sc4cc(N(c5ccccc5)c5ccc(C)cc5)c5ccccc5c43)c3ccccc23)cc1. The number of para-hydroxylation sites is 2. The molecule has 1 aromatic heterocycles. The molecule has 9 aromatic rings. The molecule has 49 heavy (non-hydrogen) atoms. The predicted molar refractivity (Wildman–Crippen MR) is 213 cm³/mol. The fourth-order valence-electron chi connectivity index (χ4n) is 7.19. The molecular formula is C46H34N2S. The molecule has 1 heterocycles. The lowest BCUT2D eigenvalue weighted by molar-refractivity contribution is 1.29. The van der Waals surface area contributed by atoms with Crippen molar-refractivity contribution in [3.8, 4) is 0 Å². The van der Waals surface area contributed by atoms with Crippen molar-refractivity contribution in [2.24, 2.45) is 0 Å². The first-order valence-corrected chi connectivity index (χ1v) is 17.6. The lowest BCUT2D eigenvalue weighted by Crippen LogP contribution is -2.10. The molecule has 2 nitrogen and oxygen atoms in total. The minimum absolute atomic E-state index is 1.14. The normalized spacial score (nSPS) is 11.5. The van der Waals surface area contributed by atoms with Crippen molar-refractivity contribution < 1.29 is 0 Å². The molecule has 8 aromatic carbocycles. The number of anilines is 6. The van der Waals surface area contributed by atoms with Gasteiger partial charge in [0.1, 0.15) is 0 Å². The molecule has 0 bridgehead atoms. The summed E-state index contributed by atoms with van der Waals surface area (Å²) >= 11 is 1.90. The third kappa shape index (κ3) is 5.02. The Kier molecular flexibility index (Phi) is 7.14. The molecule has 0 saturated heterocycles. The van der Waals surface area contributed by atoms with E-state index in [0.29, 0.717) is 0 Å². The molecule has 0 aliphatic heterocycles. The molecule has 0 N–H and O–H groups in total. The second-order valence-electron chi connectivity index (χ2n) is 12.7. The second kappa shape index (κ2) is 12.0. The van der Waals surface area contributed by atoms with E-state index >= 15 is 0 Å². The van der Waals surface area contributed by atoms with Gasteiger partial charge in [-0.3, -0.25) is 0 Å². The van der Waals surface area contributed by atoms with Gasteiger partial charge in [0.25, 0.3) is 0 Å². The maximum absolute atomic E-state index is 2.43. The smallest absolute Gasteiger partial charge is 0.0554 e. The van der Waals surface area contributed by atoms with E-state index in [9.17, 15) is 0 Å². The molecule has 3 heteroatoms. The molecule has 0 fully saturated rings. The summed E-state index contributed by atoms with van der Waals surface area (Å²) in [4.78, 5) is 4.82. The number of hydrogen-bond donors (Lipinski definition) is 0. The quantitative estimate of drug-likeness (QED) is 0.177. The first-order valence-electron chi connectivity index (χ1n) is 16.8. The molecule has 0 unspecified atom stereocenters. The van der Waals surface area contributed by atoms with Crippen LogP contribution in [0.2, 0.25) is 0 Å². The van der Waals surface area contributed by atoms with Crippen LogP contribution in [0.3, 0.4) is 0 Å². The van der Waals surface area contributed by atoms with E-state index in [1.54, 1.807) is 0 Å². The van der Waals surface area contributed by atoms with Crippen LogP contribution in [-0.2, 0) is 0 Å². The van der Waals surface area contributed by atoms with Gasteiger partial charge in [-0.25, -0.2) is 0 Å². The van der Waals surface area contributed by atoms with Crippen molar-refractivity contribution in [2.45, 2.75) is 13.8 Å². The van der Waals surface area contributed by atoms with E-state index in [1.165, 1.54) is 64.2 Å². The van der Waals surface area contributed by atoms with Crippen LogP contribution in [0.5, 0.6) is 0 Å². The lowest BCUT2D eigenvalue weighted by Gasteiger charge is -2.27. The number of nitrogens with zero attached hydrogens (tertiary/aromatic N) is 2. The molecular weight excluding hydrogens is 613 g/mol. The number of benzene rings is 8. The average Bonchev–Trinajstić information content (AvgIpc) is 3.53. The summed E-state index contributed by atoms with van der Waals surface area (Å²) in [6.45, 7) is 4.29. The third-order valence-electron chi connectivity index (χ3n) is 9.54. The van der Waals surface area contributed by atoms with Crippen molar-refractivity contribution >= 4 is 87.2 Å². The Bertz CT molecular complexity index is 2610. The molecule has 0 radical (unpaired) electrons. The van der Waals surface area contributed by atoms with Gasteiger partial charge < -0.3 is 9.80 Å². The Morgan fingerprint density at radius 2 is 0.776 bits per heavy atom. The third-order valence-corrected chi connectivity index (χ3v) is 10.7. The van der Waals surface area contributed by atoms with Gasteiger partial charge in [0.2, 0.25) is 0 Å². The van der Waals surface area contributed by atoms with E-state index < -0.39 is 0 Å². The number of aryl methyl sites for hydroxylation is 2. The highest BCUT2D eigenvalue weighted by molar-refractivity contribution is 7.27. The summed E-state index contributed by atoms with van der Waals surface area (Å²) in [5.74, 6) is 0. The number of rotatable bonds is 6. The van der Waals surface area contributed by atoms with Crippen LogP contribution >= 0.6 is 11.3 Å². The second-order valence-corrected chi connectivity index (χ2v) is 13.8. The van der Waals surface area contributed by atoms with Crippen LogP contribution in [0, 0.1) is 13.8 Å². The zero-order valence-corrected chi connectivity index (χ0v) is 28.3. The van der Waals surface area contributed by atoms with Crippen molar-refractivity contribution in [1.82, 2.24) is 0 Å². The topological polar surface area (TPSA) is 6.48 Å². The van der Waals surface area contributed by atoms with Gasteiger partial charge in [0.05, 0.1) is 11.4 Å². The molecule has 0 atom stereocenters. The zero-order chi connectivity index (χ0) is 32.9. The maximum atomic E-state index is 2.43. The van der Waals surface area contributed by atoms with Crippen LogP contribution in [0.1, 0.15) is 11.1 Å². The zero-order valence-electron chi connectivity index (χ0n) is 27.5. The van der Waals surface area contributed by atoms with Crippen molar-refractivity contribution in [2.75, 3.05) is 9.80 Å². The Morgan fingerprint density at radius 1 is 0.367 bits per heavy atom. The summed E-state index contributed by atoms with van der Waals surface area (Å²) in [6, 6.07) is 61.9. The molecule has 234 valence electrons. The molecule has 0 spiro atoms. The van der Waals surface area contributed by atoms with Crippen LogP contribution in [0.25, 0.3) is 41.7 Å². The number of thiophene rings is 1. The van der Waals surface area contributed by atoms with Crippen LogP contribution in [-0.4, -0.2) is 0 Å². The minimum atomic E-state index is 1.14. The summed E-state index contributed by atoms with van der Waals surface area (Å²) in [7, 11) is 0. The highest BCUT2D eigenvalue weighted by atomic mass is 32.1. The van der Waals surface area contributed by atoms with Gasteiger partial charge in [0, 0.05) is 59.1 Å².